The molecule has 198 valence electrons. The number of halogens is 1. The maximum atomic E-state index is 14.5. The van der Waals surface area contributed by atoms with Crippen LogP contribution >= 0.6 is 0 Å². The number of benzene rings is 1. The van der Waals surface area contributed by atoms with E-state index in [9.17, 15) is 4.39 Å². The molecule has 0 bridgehead atoms. The van der Waals surface area contributed by atoms with Crippen LogP contribution < -0.4 is 0 Å². The van der Waals surface area contributed by atoms with Crippen LogP contribution in [-0.2, 0) is 6.42 Å². The summed E-state index contributed by atoms with van der Waals surface area (Å²) in [5, 5.41) is 0. The first-order valence-electron chi connectivity index (χ1n) is 15.9. The number of fused-ring (bicyclic) bond motifs is 1. The molecule has 0 amide bonds. The molecule has 4 atom stereocenters. The Bertz CT molecular complexity index is 730. The van der Waals surface area contributed by atoms with E-state index in [4.69, 9.17) is 0 Å². The van der Waals surface area contributed by atoms with Crippen molar-refractivity contribution in [2.75, 3.05) is 0 Å². The van der Waals surface area contributed by atoms with Crippen LogP contribution in [0.15, 0.2) is 18.2 Å². The average molecular weight is 483 g/mol. The molecule has 0 aromatic heterocycles. The van der Waals surface area contributed by atoms with Gasteiger partial charge < -0.3 is 0 Å². The lowest BCUT2D eigenvalue weighted by Gasteiger charge is -2.43. The predicted octanol–water partition coefficient (Wildman–Crippen LogP) is 11.0. The highest BCUT2D eigenvalue weighted by atomic mass is 19.1. The summed E-state index contributed by atoms with van der Waals surface area (Å²) in [6.45, 7) is 4.45. The van der Waals surface area contributed by atoms with Crippen LogP contribution in [0, 0.1) is 35.4 Å². The van der Waals surface area contributed by atoms with Gasteiger partial charge in [-0.1, -0.05) is 116 Å². The zero-order valence-corrected chi connectivity index (χ0v) is 23.2. The van der Waals surface area contributed by atoms with E-state index in [-0.39, 0.29) is 5.82 Å². The van der Waals surface area contributed by atoms with Gasteiger partial charge in [0.15, 0.2) is 0 Å². The Labute approximate surface area is 217 Å². The SMILES string of the molecule is CCCCCCCC1CCC(CCC2CCC3CC(c4ccc(CCC)c(F)c4)CCC3C2)CC1. The quantitative estimate of drug-likeness (QED) is 0.260. The van der Waals surface area contributed by atoms with Crippen LogP contribution in [0.3, 0.4) is 0 Å². The van der Waals surface area contributed by atoms with Gasteiger partial charge in [-0.3, -0.25) is 0 Å². The highest BCUT2D eigenvalue weighted by Gasteiger charge is 2.36. The van der Waals surface area contributed by atoms with Gasteiger partial charge in [0.1, 0.15) is 5.82 Å². The normalized spacial score (nSPS) is 31.3. The molecule has 0 radical (unpaired) electrons. The third-order valence-corrected chi connectivity index (χ3v) is 10.5. The molecule has 0 saturated heterocycles. The van der Waals surface area contributed by atoms with Gasteiger partial charge in [0.25, 0.3) is 0 Å². The highest BCUT2D eigenvalue weighted by Crippen LogP contribution is 2.49. The third kappa shape index (κ3) is 8.07. The van der Waals surface area contributed by atoms with Gasteiger partial charge in [0, 0.05) is 0 Å². The summed E-state index contributed by atoms with van der Waals surface area (Å²) in [6.07, 6.45) is 28.1. The zero-order chi connectivity index (χ0) is 24.5. The van der Waals surface area contributed by atoms with Crippen molar-refractivity contribution in [1.29, 1.82) is 0 Å². The smallest absolute Gasteiger partial charge is 0.126 e. The van der Waals surface area contributed by atoms with Crippen LogP contribution in [0.4, 0.5) is 4.39 Å². The second-order valence-corrected chi connectivity index (χ2v) is 13.0. The Morgan fingerprint density at radius 1 is 0.657 bits per heavy atom. The topological polar surface area (TPSA) is 0 Å². The van der Waals surface area contributed by atoms with Crippen LogP contribution in [0.2, 0.25) is 0 Å². The Morgan fingerprint density at radius 2 is 1.31 bits per heavy atom. The van der Waals surface area contributed by atoms with Crippen molar-refractivity contribution < 1.29 is 4.39 Å². The molecule has 3 fully saturated rings. The summed E-state index contributed by atoms with van der Waals surface area (Å²) in [5.74, 6) is 5.57. The molecule has 35 heavy (non-hydrogen) atoms. The standard InChI is InChI=1S/C34H55F/c1-3-5-6-7-8-10-26-11-13-27(14-12-26)15-16-28-17-18-31-24-32(22-21-30(31)23-28)33-20-19-29(9-4-2)34(35)25-33/h19-20,25-28,30-32H,3-18,21-24H2,1-2H3. The van der Waals surface area contributed by atoms with Crippen molar-refractivity contribution in [3.63, 3.8) is 0 Å². The van der Waals surface area contributed by atoms with E-state index < -0.39 is 0 Å². The number of rotatable bonds is 12. The van der Waals surface area contributed by atoms with Crippen molar-refractivity contribution in [2.24, 2.45) is 29.6 Å². The van der Waals surface area contributed by atoms with Crippen molar-refractivity contribution in [3.8, 4) is 0 Å². The first-order valence-corrected chi connectivity index (χ1v) is 15.9. The Hall–Kier alpha value is -0.850. The van der Waals surface area contributed by atoms with E-state index in [1.807, 2.05) is 6.07 Å². The lowest BCUT2D eigenvalue weighted by Crippen LogP contribution is -2.30. The Kier molecular flexibility index (Phi) is 11.0. The van der Waals surface area contributed by atoms with Crippen LogP contribution in [0.25, 0.3) is 0 Å². The maximum absolute atomic E-state index is 14.5. The maximum Gasteiger partial charge on any atom is 0.126 e. The van der Waals surface area contributed by atoms with E-state index in [1.165, 1.54) is 121 Å². The summed E-state index contributed by atoms with van der Waals surface area (Å²) in [6, 6.07) is 6.19. The number of hydrogen-bond acceptors (Lipinski definition) is 0. The number of aryl methyl sites for hydroxylation is 1. The number of unbranched alkanes of at least 4 members (excludes halogenated alkanes) is 4. The Balaban J connectivity index is 1.13. The van der Waals surface area contributed by atoms with E-state index in [0.29, 0.717) is 5.92 Å². The van der Waals surface area contributed by atoms with Gasteiger partial charge in [-0.05, 0) is 91.2 Å². The summed E-state index contributed by atoms with van der Waals surface area (Å²) in [5.41, 5.74) is 2.18. The molecule has 1 aromatic carbocycles. The van der Waals surface area contributed by atoms with E-state index >= 15 is 0 Å². The second kappa shape index (κ2) is 14.2. The van der Waals surface area contributed by atoms with Crippen molar-refractivity contribution in [2.45, 2.75) is 148 Å². The molecule has 3 saturated carbocycles. The predicted molar refractivity (Wildman–Crippen MR) is 149 cm³/mol. The first kappa shape index (κ1) is 27.2. The molecule has 3 aliphatic rings. The molecule has 4 unspecified atom stereocenters. The fraction of sp³-hybridized carbons (Fsp3) is 0.824. The summed E-state index contributed by atoms with van der Waals surface area (Å²) in [4.78, 5) is 0. The fourth-order valence-corrected chi connectivity index (χ4v) is 8.16. The molecule has 0 nitrogen and oxygen atoms in total. The van der Waals surface area contributed by atoms with Crippen molar-refractivity contribution in [1.82, 2.24) is 0 Å². The zero-order valence-electron chi connectivity index (χ0n) is 23.2. The lowest BCUT2D eigenvalue weighted by molar-refractivity contribution is 0.108. The molecular weight excluding hydrogens is 427 g/mol. The van der Waals surface area contributed by atoms with Gasteiger partial charge >= 0.3 is 0 Å². The average Bonchev–Trinajstić information content (AvgIpc) is 2.89. The minimum Gasteiger partial charge on any atom is -0.207 e. The first-order chi connectivity index (χ1) is 17.2. The van der Waals surface area contributed by atoms with E-state index in [2.05, 4.69) is 26.0 Å². The van der Waals surface area contributed by atoms with Gasteiger partial charge in [-0.15, -0.1) is 0 Å². The minimum atomic E-state index is 0.0381. The molecule has 0 N–H and O–H groups in total. The monoisotopic (exact) mass is 482 g/mol. The van der Waals surface area contributed by atoms with Gasteiger partial charge in [-0.25, -0.2) is 4.39 Å². The minimum absolute atomic E-state index is 0.0381. The molecule has 0 spiro atoms. The molecule has 0 heterocycles. The molecule has 0 aliphatic heterocycles. The molecule has 3 aliphatic carbocycles. The third-order valence-electron chi connectivity index (χ3n) is 10.5. The van der Waals surface area contributed by atoms with Crippen molar-refractivity contribution in [3.05, 3.63) is 35.1 Å². The van der Waals surface area contributed by atoms with Gasteiger partial charge in [0.2, 0.25) is 0 Å². The second-order valence-electron chi connectivity index (χ2n) is 13.0. The molecule has 4 rings (SSSR count). The molecule has 1 aromatic rings. The summed E-state index contributed by atoms with van der Waals surface area (Å²) < 4.78 is 14.5. The lowest BCUT2D eigenvalue weighted by atomic mass is 9.63. The Morgan fingerprint density at radius 3 is 2.06 bits per heavy atom. The van der Waals surface area contributed by atoms with Gasteiger partial charge in [-0.2, -0.15) is 0 Å². The molecule has 1 heteroatoms. The number of hydrogen-bond donors (Lipinski definition) is 0. The van der Waals surface area contributed by atoms with Crippen LogP contribution in [-0.4, -0.2) is 0 Å². The van der Waals surface area contributed by atoms with Crippen LogP contribution in [0.5, 0.6) is 0 Å². The van der Waals surface area contributed by atoms with Crippen LogP contribution in [0.1, 0.15) is 153 Å². The fourth-order valence-electron chi connectivity index (χ4n) is 8.16. The molecular formula is C34H55F. The van der Waals surface area contributed by atoms with Crippen molar-refractivity contribution >= 4 is 0 Å². The van der Waals surface area contributed by atoms with Gasteiger partial charge in [0.05, 0.1) is 0 Å². The van der Waals surface area contributed by atoms with E-state index in [1.54, 1.807) is 0 Å². The summed E-state index contributed by atoms with van der Waals surface area (Å²) in [7, 11) is 0. The van der Waals surface area contributed by atoms with E-state index in [0.717, 1.165) is 48.0 Å². The summed E-state index contributed by atoms with van der Waals surface area (Å²) >= 11 is 0. The largest absolute Gasteiger partial charge is 0.207 e. The highest BCUT2D eigenvalue weighted by molar-refractivity contribution is 5.27.